The highest BCUT2D eigenvalue weighted by atomic mass is 127. The van der Waals surface area contributed by atoms with Gasteiger partial charge < -0.3 is 15.4 Å². The number of ether oxygens (including phenoxy) is 1. The minimum absolute atomic E-state index is 0. The molecule has 0 atom stereocenters. The van der Waals surface area contributed by atoms with Gasteiger partial charge in [0.15, 0.2) is 12.6 Å². The number of rotatable bonds is 7. The average molecular weight is 494 g/mol. The normalized spacial score (nSPS) is 11.5. The van der Waals surface area contributed by atoms with Gasteiger partial charge in [0.25, 0.3) is 0 Å². The third-order valence-electron chi connectivity index (χ3n) is 3.28. The SMILES string of the molecule is CCNC(=NCc1ccccc1)NCc1cccnc1OCC(F)(F)F.I. The van der Waals surface area contributed by atoms with Crippen LogP contribution in [-0.2, 0) is 13.1 Å². The van der Waals surface area contributed by atoms with Gasteiger partial charge in [-0.2, -0.15) is 13.2 Å². The van der Waals surface area contributed by atoms with Gasteiger partial charge in [-0.15, -0.1) is 24.0 Å². The van der Waals surface area contributed by atoms with Gasteiger partial charge in [-0.25, -0.2) is 9.98 Å². The number of nitrogens with zero attached hydrogens (tertiary/aromatic N) is 2. The molecule has 0 spiro atoms. The Morgan fingerprint density at radius 3 is 2.52 bits per heavy atom. The summed E-state index contributed by atoms with van der Waals surface area (Å²) in [5, 5.41) is 6.18. The fourth-order valence-electron chi connectivity index (χ4n) is 2.11. The highest BCUT2D eigenvalue weighted by Crippen LogP contribution is 2.19. The minimum atomic E-state index is -4.41. The molecule has 2 N–H and O–H groups in total. The lowest BCUT2D eigenvalue weighted by Gasteiger charge is -2.14. The molecule has 27 heavy (non-hydrogen) atoms. The van der Waals surface area contributed by atoms with Crippen LogP contribution in [0.15, 0.2) is 53.7 Å². The fraction of sp³-hybridized carbons (Fsp3) is 0.333. The van der Waals surface area contributed by atoms with Crippen LogP contribution in [0.25, 0.3) is 0 Å². The Bertz CT molecular complexity index is 711. The first kappa shape index (κ1) is 23.0. The summed E-state index contributed by atoms with van der Waals surface area (Å²) < 4.78 is 41.8. The number of pyridine rings is 1. The molecular weight excluding hydrogens is 472 g/mol. The largest absolute Gasteiger partial charge is 0.468 e. The molecule has 0 aliphatic rings. The third-order valence-corrected chi connectivity index (χ3v) is 3.28. The van der Waals surface area contributed by atoms with Crippen molar-refractivity contribution in [1.29, 1.82) is 0 Å². The van der Waals surface area contributed by atoms with E-state index in [1.165, 1.54) is 6.20 Å². The van der Waals surface area contributed by atoms with Crippen molar-refractivity contribution in [3.8, 4) is 5.88 Å². The molecule has 0 aliphatic heterocycles. The van der Waals surface area contributed by atoms with E-state index in [0.717, 1.165) is 5.56 Å². The quantitative estimate of drug-likeness (QED) is 0.349. The molecule has 0 bridgehead atoms. The molecule has 2 rings (SSSR count). The number of hydrogen-bond acceptors (Lipinski definition) is 3. The number of guanidine groups is 1. The zero-order valence-electron chi connectivity index (χ0n) is 14.8. The van der Waals surface area contributed by atoms with Gasteiger partial charge in [-0.1, -0.05) is 36.4 Å². The predicted octanol–water partition coefficient (Wildman–Crippen LogP) is 3.90. The molecule has 0 aliphatic carbocycles. The predicted molar refractivity (Wildman–Crippen MR) is 109 cm³/mol. The topological polar surface area (TPSA) is 58.5 Å². The first-order valence-electron chi connectivity index (χ1n) is 8.17. The summed E-state index contributed by atoms with van der Waals surface area (Å²) in [6, 6.07) is 13.0. The molecule has 0 amide bonds. The van der Waals surface area contributed by atoms with E-state index >= 15 is 0 Å². The van der Waals surface area contributed by atoms with Crippen molar-refractivity contribution in [2.24, 2.45) is 4.99 Å². The van der Waals surface area contributed by atoms with Crippen LogP contribution in [0, 0.1) is 0 Å². The lowest BCUT2D eigenvalue weighted by atomic mass is 10.2. The second-order valence-electron chi connectivity index (χ2n) is 5.41. The van der Waals surface area contributed by atoms with Crippen LogP contribution in [0.1, 0.15) is 18.1 Å². The van der Waals surface area contributed by atoms with Crippen molar-refractivity contribution in [2.45, 2.75) is 26.2 Å². The summed E-state index contributed by atoms with van der Waals surface area (Å²) in [6.45, 7) is 1.94. The van der Waals surface area contributed by atoms with E-state index in [4.69, 9.17) is 4.74 Å². The highest BCUT2D eigenvalue weighted by molar-refractivity contribution is 14.0. The molecule has 1 aromatic carbocycles. The molecular formula is C18H22F3IN4O. The van der Waals surface area contributed by atoms with Crippen LogP contribution in [-0.4, -0.2) is 30.3 Å². The monoisotopic (exact) mass is 494 g/mol. The molecule has 1 aromatic heterocycles. The first-order valence-corrected chi connectivity index (χ1v) is 8.17. The van der Waals surface area contributed by atoms with Crippen molar-refractivity contribution >= 4 is 29.9 Å². The zero-order valence-corrected chi connectivity index (χ0v) is 17.1. The van der Waals surface area contributed by atoms with E-state index in [2.05, 4.69) is 20.6 Å². The van der Waals surface area contributed by atoms with Crippen molar-refractivity contribution in [2.75, 3.05) is 13.2 Å². The third kappa shape index (κ3) is 8.94. The maximum atomic E-state index is 12.4. The Kier molecular flexibility index (Phi) is 9.90. The number of hydrogen-bond donors (Lipinski definition) is 2. The molecule has 0 radical (unpaired) electrons. The number of benzene rings is 1. The molecule has 2 aromatic rings. The van der Waals surface area contributed by atoms with Gasteiger partial charge in [0.2, 0.25) is 5.88 Å². The van der Waals surface area contributed by atoms with Crippen LogP contribution >= 0.6 is 24.0 Å². The average Bonchev–Trinajstić information content (AvgIpc) is 2.63. The molecule has 0 saturated heterocycles. The maximum absolute atomic E-state index is 12.4. The van der Waals surface area contributed by atoms with Gasteiger partial charge in [-0.3, -0.25) is 0 Å². The maximum Gasteiger partial charge on any atom is 0.422 e. The molecule has 5 nitrogen and oxygen atoms in total. The number of halogens is 4. The van der Waals surface area contributed by atoms with E-state index in [1.54, 1.807) is 12.1 Å². The Labute approximate surface area is 173 Å². The standard InChI is InChI=1S/C18H21F3N4O.HI/c1-2-22-17(24-11-14-7-4-3-5-8-14)25-12-15-9-6-10-23-16(15)26-13-18(19,20)21;/h3-10H,2,11-13H2,1H3,(H2,22,24,25);1H. The summed E-state index contributed by atoms with van der Waals surface area (Å²) in [6.07, 6.45) is -3.02. The second kappa shape index (κ2) is 11.6. The Morgan fingerprint density at radius 2 is 1.85 bits per heavy atom. The summed E-state index contributed by atoms with van der Waals surface area (Å²) in [5.74, 6) is 0.512. The van der Waals surface area contributed by atoms with Gasteiger partial charge in [-0.05, 0) is 18.6 Å². The van der Waals surface area contributed by atoms with E-state index in [-0.39, 0.29) is 36.4 Å². The number of aliphatic imine (C=N–C) groups is 1. The Morgan fingerprint density at radius 1 is 1.11 bits per heavy atom. The molecule has 0 unspecified atom stereocenters. The number of alkyl halides is 3. The smallest absolute Gasteiger partial charge is 0.422 e. The number of aromatic nitrogens is 1. The molecule has 9 heteroatoms. The lowest BCUT2D eigenvalue weighted by molar-refractivity contribution is -0.154. The van der Waals surface area contributed by atoms with Crippen molar-refractivity contribution in [3.63, 3.8) is 0 Å². The van der Waals surface area contributed by atoms with E-state index in [0.29, 0.717) is 24.6 Å². The first-order chi connectivity index (χ1) is 12.5. The van der Waals surface area contributed by atoms with Crippen molar-refractivity contribution < 1.29 is 17.9 Å². The van der Waals surface area contributed by atoms with Crippen LogP contribution in [0.5, 0.6) is 5.88 Å². The van der Waals surface area contributed by atoms with Gasteiger partial charge in [0.1, 0.15) is 0 Å². The summed E-state index contributed by atoms with van der Waals surface area (Å²) in [7, 11) is 0. The fourth-order valence-corrected chi connectivity index (χ4v) is 2.11. The van der Waals surface area contributed by atoms with Crippen LogP contribution in [0.4, 0.5) is 13.2 Å². The van der Waals surface area contributed by atoms with Crippen LogP contribution < -0.4 is 15.4 Å². The van der Waals surface area contributed by atoms with Gasteiger partial charge >= 0.3 is 6.18 Å². The van der Waals surface area contributed by atoms with Crippen molar-refractivity contribution in [3.05, 3.63) is 59.8 Å². The Balaban J connectivity index is 0.00000364. The van der Waals surface area contributed by atoms with Crippen LogP contribution in [0.2, 0.25) is 0 Å². The second-order valence-corrected chi connectivity index (χ2v) is 5.41. The lowest BCUT2D eigenvalue weighted by Crippen LogP contribution is -2.37. The molecule has 1 heterocycles. The van der Waals surface area contributed by atoms with E-state index in [1.807, 2.05) is 37.3 Å². The minimum Gasteiger partial charge on any atom is -0.468 e. The summed E-state index contributed by atoms with van der Waals surface area (Å²) >= 11 is 0. The number of nitrogens with one attached hydrogen (secondary N) is 2. The molecule has 148 valence electrons. The molecule has 0 fully saturated rings. The van der Waals surface area contributed by atoms with Gasteiger partial charge in [0, 0.05) is 24.8 Å². The van der Waals surface area contributed by atoms with E-state index < -0.39 is 12.8 Å². The summed E-state index contributed by atoms with van der Waals surface area (Å²) in [4.78, 5) is 8.34. The van der Waals surface area contributed by atoms with Crippen LogP contribution in [0.3, 0.4) is 0 Å². The highest BCUT2D eigenvalue weighted by Gasteiger charge is 2.29. The zero-order chi connectivity index (χ0) is 18.8. The Hall–Kier alpha value is -2.04. The van der Waals surface area contributed by atoms with Gasteiger partial charge in [0.05, 0.1) is 6.54 Å². The van der Waals surface area contributed by atoms with E-state index in [9.17, 15) is 13.2 Å². The summed E-state index contributed by atoms with van der Waals surface area (Å²) in [5.41, 5.74) is 1.57. The van der Waals surface area contributed by atoms with Crippen molar-refractivity contribution in [1.82, 2.24) is 15.6 Å². The molecule has 0 saturated carbocycles.